The first kappa shape index (κ1) is 13.7. The number of hydrogen-bond acceptors (Lipinski definition) is 2. The molecule has 24 heavy (non-hydrogen) atoms. The predicted molar refractivity (Wildman–Crippen MR) is 98.2 cm³/mol. The Hall–Kier alpha value is -2.74. The molecule has 2 heterocycles. The summed E-state index contributed by atoms with van der Waals surface area (Å²) in [5, 5.41) is 2.50. The van der Waals surface area contributed by atoms with Gasteiger partial charge in [-0.25, -0.2) is 0 Å². The van der Waals surface area contributed by atoms with Crippen LogP contribution in [0.15, 0.2) is 72.9 Å². The van der Waals surface area contributed by atoms with Crippen molar-refractivity contribution in [1.29, 1.82) is 0 Å². The molecule has 2 nitrogen and oxygen atoms in total. The average Bonchev–Trinajstić information content (AvgIpc) is 2.61. The molecule has 1 saturated carbocycles. The highest BCUT2D eigenvalue weighted by Crippen LogP contribution is 2.50. The van der Waals surface area contributed by atoms with Gasteiger partial charge in [0.25, 0.3) is 0 Å². The van der Waals surface area contributed by atoms with E-state index in [1.807, 2.05) is 6.20 Å². The van der Waals surface area contributed by atoms with E-state index in [-0.39, 0.29) is 0 Å². The highest BCUT2D eigenvalue weighted by atomic mass is 14.7. The Morgan fingerprint density at radius 1 is 0.708 bits per heavy atom. The van der Waals surface area contributed by atoms with Crippen molar-refractivity contribution in [2.24, 2.45) is 0 Å². The number of nitrogens with zero attached hydrogens (tertiary/aromatic N) is 2. The summed E-state index contributed by atoms with van der Waals surface area (Å²) in [6, 6.07) is 23.4. The highest BCUT2D eigenvalue weighted by molar-refractivity contribution is 5.83. The fourth-order valence-corrected chi connectivity index (χ4v) is 3.96. The van der Waals surface area contributed by atoms with Gasteiger partial charge in [-0.05, 0) is 48.6 Å². The van der Waals surface area contributed by atoms with Gasteiger partial charge in [0.1, 0.15) is 0 Å². The molecule has 5 rings (SSSR count). The van der Waals surface area contributed by atoms with Crippen LogP contribution in [-0.2, 0) is 0 Å². The van der Waals surface area contributed by atoms with Gasteiger partial charge in [0.15, 0.2) is 0 Å². The topological polar surface area (TPSA) is 25.8 Å². The van der Waals surface area contributed by atoms with E-state index in [0.717, 1.165) is 11.0 Å². The number of para-hydroxylation sites is 2. The Bertz CT molecular complexity index is 1030. The van der Waals surface area contributed by atoms with Gasteiger partial charge in [0, 0.05) is 28.6 Å². The van der Waals surface area contributed by atoms with E-state index in [4.69, 9.17) is 4.98 Å². The molecule has 0 saturated heterocycles. The Kier molecular flexibility index (Phi) is 3.08. The van der Waals surface area contributed by atoms with Crippen LogP contribution >= 0.6 is 0 Å². The summed E-state index contributed by atoms with van der Waals surface area (Å²) in [5.74, 6) is 1.06. The van der Waals surface area contributed by atoms with E-state index in [2.05, 4.69) is 71.7 Å². The summed E-state index contributed by atoms with van der Waals surface area (Å²) in [6.07, 6.45) is 4.39. The number of aromatic nitrogens is 2. The zero-order valence-corrected chi connectivity index (χ0v) is 13.4. The van der Waals surface area contributed by atoms with Crippen LogP contribution in [-0.4, -0.2) is 9.97 Å². The minimum Gasteiger partial charge on any atom is -0.256 e. The number of fused-ring (bicyclic) bond motifs is 2. The lowest BCUT2D eigenvalue weighted by molar-refractivity contribution is 0.342. The van der Waals surface area contributed by atoms with Gasteiger partial charge >= 0.3 is 0 Å². The Labute approximate surface area is 141 Å². The lowest BCUT2D eigenvalue weighted by Gasteiger charge is -2.37. The Morgan fingerprint density at radius 3 is 2.38 bits per heavy atom. The van der Waals surface area contributed by atoms with E-state index in [9.17, 15) is 0 Å². The molecule has 0 radical (unpaired) electrons. The number of rotatable bonds is 2. The maximum atomic E-state index is 4.94. The van der Waals surface area contributed by atoms with Crippen molar-refractivity contribution in [3.63, 3.8) is 0 Å². The fraction of sp³-hybridized carbons (Fsp3) is 0.182. The quantitative estimate of drug-likeness (QED) is 0.492. The van der Waals surface area contributed by atoms with Crippen molar-refractivity contribution in [2.45, 2.75) is 24.7 Å². The number of benzene rings is 2. The molecule has 2 heteroatoms. The first-order valence-electron chi connectivity index (χ1n) is 8.59. The van der Waals surface area contributed by atoms with E-state index in [1.54, 1.807) is 0 Å². The van der Waals surface area contributed by atoms with E-state index in [0.29, 0.717) is 11.8 Å². The van der Waals surface area contributed by atoms with Crippen molar-refractivity contribution in [3.8, 4) is 0 Å². The normalized spacial score (nSPS) is 20.2. The molecule has 1 fully saturated rings. The van der Waals surface area contributed by atoms with Crippen LogP contribution < -0.4 is 0 Å². The second-order valence-electron chi connectivity index (χ2n) is 6.64. The van der Waals surface area contributed by atoms with Crippen LogP contribution in [0.5, 0.6) is 0 Å². The summed E-state index contributed by atoms with van der Waals surface area (Å²) < 4.78 is 0. The summed E-state index contributed by atoms with van der Waals surface area (Å²) in [5.41, 5.74) is 4.84. The third kappa shape index (κ3) is 2.10. The fourth-order valence-electron chi connectivity index (χ4n) is 3.96. The molecule has 0 aliphatic heterocycles. The minimum atomic E-state index is 0.514. The molecule has 0 amide bonds. The monoisotopic (exact) mass is 310 g/mol. The lowest BCUT2D eigenvalue weighted by Crippen LogP contribution is -2.23. The summed E-state index contributed by atoms with van der Waals surface area (Å²) in [6.45, 7) is 0. The van der Waals surface area contributed by atoms with Gasteiger partial charge in [0.2, 0.25) is 0 Å². The van der Waals surface area contributed by atoms with Gasteiger partial charge in [-0.1, -0.05) is 42.5 Å². The van der Waals surface area contributed by atoms with Gasteiger partial charge in [0.05, 0.1) is 11.0 Å². The standard InChI is InChI=1S/C22H18N2/c1-3-7-20-15(5-1)9-12-22(24-20)19-11-10-16(19)17-13-14-23-21-8-4-2-6-18(17)21/h1-9,12-14,16,19H,10-11H2/t16-,19+/m0/s1. The van der Waals surface area contributed by atoms with Crippen LogP contribution in [0, 0.1) is 0 Å². The molecule has 0 spiro atoms. The molecular weight excluding hydrogens is 292 g/mol. The molecule has 2 atom stereocenters. The number of hydrogen-bond donors (Lipinski definition) is 0. The van der Waals surface area contributed by atoms with Crippen molar-refractivity contribution < 1.29 is 0 Å². The van der Waals surface area contributed by atoms with Gasteiger partial charge in [-0.15, -0.1) is 0 Å². The summed E-state index contributed by atoms with van der Waals surface area (Å²) >= 11 is 0. The highest BCUT2D eigenvalue weighted by Gasteiger charge is 2.35. The van der Waals surface area contributed by atoms with E-state index in [1.165, 1.54) is 34.9 Å². The molecule has 0 bridgehead atoms. The molecule has 4 aromatic rings. The summed E-state index contributed by atoms with van der Waals surface area (Å²) in [4.78, 5) is 9.44. The summed E-state index contributed by atoms with van der Waals surface area (Å²) in [7, 11) is 0. The van der Waals surface area contributed by atoms with Gasteiger partial charge in [-0.2, -0.15) is 0 Å². The molecule has 0 unspecified atom stereocenters. The van der Waals surface area contributed by atoms with Crippen LogP contribution in [0.25, 0.3) is 21.8 Å². The zero-order chi connectivity index (χ0) is 15.9. The predicted octanol–water partition coefficient (Wildman–Crippen LogP) is 5.44. The molecule has 1 aliphatic rings. The van der Waals surface area contributed by atoms with Crippen LogP contribution in [0.1, 0.15) is 35.9 Å². The van der Waals surface area contributed by atoms with Gasteiger partial charge < -0.3 is 0 Å². The van der Waals surface area contributed by atoms with E-state index < -0.39 is 0 Å². The Balaban J connectivity index is 1.57. The van der Waals surface area contributed by atoms with Crippen LogP contribution in [0.3, 0.4) is 0 Å². The Morgan fingerprint density at radius 2 is 1.50 bits per heavy atom. The van der Waals surface area contributed by atoms with Crippen LogP contribution in [0.2, 0.25) is 0 Å². The van der Waals surface area contributed by atoms with Crippen molar-refractivity contribution in [1.82, 2.24) is 9.97 Å². The second-order valence-corrected chi connectivity index (χ2v) is 6.64. The van der Waals surface area contributed by atoms with Crippen molar-refractivity contribution in [2.75, 3.05) is 0 Å². The van der Waals surface area contributed by atoms with Crippen molar-refractivity contribution in [3.05, 3.63) is 84.2 Å². The third-order valence-electron chi connectivity index (χ3n) is 5.36. The molecule has 2 aromatic heterocycles. The third-order valence-corrected chi connectivity index (χ3v) is 5.36. The smallest absolute Gasteiger partial charge is 0.0705 e. The first-order chi connectivity index (χ1) is 11.9. The van der Waals surface area contributed by atoms with E-state index >= 15 is 0 Å². The number of pyridine rings is 2. The SMILES string of the molecule is c1ccc2nc([C@@H]3CC[C@H]3c3ccnc4ccccc34)ccc2c1. The van der Waals surface area contributed by atoms with Gasteiger partial charge in [-0.3, -0.25) is 9.97 Å². The maximum Gasteiger partial charge on any atom is 0.0705 e. The average molecular weight is 310 g/mol. The second kappa shape index (κ2) is 5.41. The maximum absolute atomic E-state index is 4.94. The molecule has 1 aliphatic carbocycles. The minimum absolute atomic E-state index is 0.514. The molecule has 116 valence electrons. The largest absolute Gasteiger partial charge is 0.256 e. The molecule has 2 aromatic carbocycles. The lowest BCUT2D eigenvalue weighted by atomic mass is 9.67. The molecule has 0 N–H and O–H groups in total. The zero-order valence-electron chi connectivity index (χ0n) is 13.4. The van der Waals surface area contributed by atoms with Crippen LogP contribution in [0.4, 0.5) is 0 Å². The molecular formula is C22H18N2. The first-order valence-corrected chi connectivity index (χ1v) is 8.59. The van der Waals surface area contributed by atoms with Crippen molar-refractivity contribution >= 4 is 21.8 Å².